The van der Waals surface area contributed by atoms with E-state index in [9.17, 15) is 4.79 Å². The van der Waals surface area contributed by atoms with Crippen LogP contribution in [0, 0.1) is 6.92 Å². The zero-order chi connectivity index (χ0) is 21.2. The number of likely N-dealkylation sites (tertiary alicyclic amines) is 1. The van der Waals surface area contributed by atoms with E-state index in [1.807, 2.05) is 59.5 Å². The molecule has 0 saturated carbocycles. The quantitative estimate of drug-likeness (QED) is 0.448. The number of carbonyl (C=O) groups excluding carboxylic acids is 1. The predicted octanol–water partition coefficient (Wildman–Crippen LogP) is 5.50. The predicted molar refractivity (Wildman–Crippen MR) is 123 cm³/mol. The number of aryl methyl sites for hydroxylation is 1. The number of hydrogen-bond donors (Lipinski definition) is 0. The van der Waals surface area contributed by atoms with Crippen LogP contribution in [0.2, 0.25) is 0 Å². The maximum Gasteiger partial charge on any atom is 0.253 e. The zero-order valence-corrected chi connectivity index (χ0v) is 17.5. The van der Waals surface area contributed by atoms with Crippen LogP contribution in [0.15, 0.2) is 85.1 Å². The van der Waals surface area contributed by atoms with Crippen LogP contribution in [0.4, 0.5) is 0 Å². The smallest absolute Gasteiger partial charge is 0.253 e. The molecular weight excluding hydrogens is 384 g/mol. The van der Waals surface area contributed by atoms with Crippen LogP contribution in [-0.2, 0) is 0 Å². The number of ether oxygens (including phenoxy) is 1. The first-order valence-corrected chi connectivity index (χ1v) is 10.6. The second-order valence-corrected chi connectivity index (χ2v) is 8.05. The van der Waals surface area contributed by atoms with E-state index in [4.69, 9.17) is 4.74 Å². The summed E-state index contributed by atoms with van der Waals surface area (Å²) in [7, 11) is 0. The Bertz CT molecular complexity index is 1210. The van der Waals surface area contributed by atoms with Gasteiger partial charge in [0, 0.05) is 30.1 Å². The Morgan fingerprint density at radius 3 is 2.42 bits per heavy atom. The topological polar surface area (TPSA) is 42.4 Å². The standard InChI is InChI=1S/C27H24N2O2/c1-19-7-9-20(10-8-19)21-11-13-23(14-12-21)27(30)29-17-15-24(18-29)31-25-6-2-4-22-5-3-16-28-26(22)25/h2-14,16,24H,15,17-18H2,1H3. The summed E-state index contributed by atoms with van der Waals surface area (Å²) in [5, 5.41) is 1.06. The van der Waals surface area contributed by atoms with E-state index >= 15 is 0 Å². The van der Waals surface area contributed by atoms with Crippen molar-refractivity contribution in [1.82, 2.24) is 9.88 Å². The van der Waals surface area contributed by atoms with Crippen molar-refractivity contribution in [3.05, 3.63) is 96.2 Å². The first-order chi connectivity index (χ1) is 15.2. The number of fused-ring (bicyclic) bond motifs is 1. The fourth-order valence-electron chi connectivity index (χ4n) is 4.09. The number of para-hydroxylation sites is 1. The van der Waals surface area contributed by atoms with Crippen molar-refractivity contribution in [1.29, 1.82) is 0 Å². The number of aromatic nitrogens is 1. The molecule has 4 heteroatoms. The van der Waals surface area contributed by atoms with Gasteiger partial charge in [0.25, 0.3) is 5.91 Å². The molecule has 0 bridgehead atoms. The van der Waals surface area contributed by atoms with Gasteiger partial charge in [-0.25, -0.2) is 0 Å². The minimum Gasteiger partial charge on any atom is -0.486 e. The molecule has 1 aliphatic rings. The highest BCUT2D eigenvalue weighted by molar-refractivity contribution is 5.95. The van der Waals surface area contributed by atoms with Gasteiger partial charge in [-0.15, -0.1) is 0 Å². The number of carbonyl (C=O) groups is 1. The van der Waals surface area contributed by atoms with Crippen molar-refractivity contribution in [2.75, 3.05) is 13.1 Å². The Hall–Kier alpha value is -3.66. The lowest BCUT2D eigenvalue weighted by atomic mass is 10.0. The molecular formula is C27H24N2O2. The van der Waals surface area contributed by atoms with Crippen LogP contribution in [0.3, 0.4) is 0 Å². The molecule has 1 aromatic heterocycles. The van der Waals surface area contributed by atoms with Gasteiger partial charge in [0.2, 0.25) is 0 Å². The number of hydrogen-bond acceptors (Lipinski definition) is 3. The summed E-state index contributed by atoms with van der Waals surface area (Å²) in [6.45, 7) is 3.36. The molecule has 4 aromatic rings. The van der Waals surface area contributed by atoms with Gasteiger partial charge in [0.1, 0.15) is 17.4 Å². The second kappa shape index (κ2) is 8.23. The van der Waals surface area contributed by atoms with E-state index in [0.717, 1.165) is 34.2 Å². The van der Waals surface area contributed by atoms with Crippen molar-refractivity contribution in [2.24, 2.45) is 0 Å². The second-order valence-electron chi connectivity index (χ2n) is 8.05. The highest BCUT2D eigenvalue weighted by atomic mass is 16.5. The molecule has 3 aromatic carbocycles. The molecule has 0 aliphatic carbocycles. The fourth-order valence-corrected chi connectivity index (χ4v) is 4.09. The summed E-state index contributed by atoms with van der Waals surface area (Å²) < 4.78 is 6.24. The first kappa shape index (κ1) is 19.3. The molecule has 1 unspecified atom stereocenters. The summed E-state index contributed by atoms with van der Waals surface area (Å²) in [5.74, 6) is 0.831. The molecule has 1 amide bonds. The maximum absolute atomic E-state index is 13.0. The van der Waals surface area contributed by atoms with Crippen LogP contribution in [-0.4, -0.2) is 35.0 Å². The lowest BCUT2D eigenvalue weighted by Gasteiger charge is -2.18. The van der Waals surface area contributed by atoms with Gasteiger partial charge in [0.05, 0.1) is 6.54 Å². The molecule has 154 valence electrons. The molecule has 0 radical (unpaired) electrons. The highest BCUT2D eigenvalue weighted by Gasteiger charge is 2.28. The molecule has 1 fully saturated rings. The molecule has 5 rings (SSSR count). The summed E-state index contributed by atoms with van der Waals surface area (Å²) in [6, 6.07) is 26.2. The van der Waals surface area contributed by atoms with Gasteiger partial charge in [-0.2, -0.15) is 0 Å². The van der Waals surface area contributed by atoms with Crippen LogP contribution in [0.1, 0.15) is 22.3 Å². The van der Waals surface area contributed by atoms with Crippen molar-refractivity contribution < 1.29 is 9.53 Å². The van der Waals surface area contributed by atoms with Gasteiger partial charge >= 0.3 is 0 Å². The largest absolute Gasteiger partial charge is 0.486 e. The molecule has 0 N–H and O–H groups in total. The van der Waals surface area contributed by atoms with Crippen LogP contribution in [0.5, 0.6) is 5.75 Å². The third kappa shape index (κ3) is 4.02. The number of amides is 1. The van der Waals surface area contributed by atoms with Gasteiger partial charge in [-0.05, 0) is 42.3 Å². The van der Waals surface area contributed by atoms with Crippen LogP contribution < -0.4 is 4.74 Å². The minimum absolute atomic E-state index is 0.0246. The Kier molecular flexibility index (Phi) is 5.13. The molecule has 31 heavy (non-hydrogen) atoms. The summed E-state index contributed by atoms with van der Waals surface area (Å²) in [5.41, 5.74) is 5.08. The Morgan fingerprint density at radius 1 is 0.935 bits per heavy atom. The van der Waals surface area contributed by atoms with Crippen molar-refractivity contribution in [3.8, 4) is 16.9 Å². The molecule has 1 saturated heterocycles. The molecule has 2 heterocycles. The van der Waals surface area contributed by atoms with Crippen LogP contribution >= 0.6 is 0 Å². The first-order valence-electron chi connectivity index (χ1n) is 10.6. The Labute approximate surface area is 182 Å². The van der Waals surface area contributed by atoms with Gasteiger partial charge in [-0.3, -0.25) is 9.78 Å². The molecule has 1 atom stereocenters. The monoisotopic (exact) mass is 408 g/mol. The summed E-state index contributed by atoms with van der Waals surface area (Å²) in [4.78, 5) is 19.3. The van der Waals surface area contributed by atoms with Crippen LogP contribution in [0.25, 0.3) is 22.0 Å². The molecule has 1 aliphatic heterocycles. The third-order valence-corrected chi connectivity index (χ3v) is 5.84. The van der Waals surface area contributed by atoms with Gasteiger partial charge in [0.15, 0.2) is 0 Å². The summed E-state index contributed by atoms with van der Waals surface area (Å²) >= 11 is 0. The lowest BCUT2D eigenvalue weighted by molar-refractivity contribution is 0.0773. The van der Waals surface area contributed by atoms with Crippen molar-refractivity contribution in [3.63, 3.8) is 0 Å². The van der Waals surface area contributed by atoms with Gasteiger partial charge in [-0.1, -0.05) is 60.2 Å². The fraction of sp³-hybridized carbons (Fsp3) is 0.185. The van der Waals surface area contributed by atoms with E-state index in [-0.39, 0.29) is 12.0 Å². The lowest BCUT2D eigenvalue weighted by Crippen LogP contribution is -2.30. The molecule has 4 nitrogen and oxygen atoms in total. The normalized spacial score (nSPS) is 15.9. The van der Waals surface area contributed by atoms with E-state index in [0.29, 0.717) is 18.7 Å². The minimum atomic E-state index is -0.0246. The zero-order valence-electron chi connectivity index (χ0n) is 17.5. The highest BCUT2D eigenvalue weighted by Crippen LogP contribution is 2.27. The van der Waals surface area contributed by atoms with E-state index < -0.39 is 0 Å². The third-order valence-electron chi connectivity index (χ3n) is 5.84. The Balaban J connectivity index is 1.26. The molecule has 0 spiro atoms. The van der Waals surface area contributed by atoms with Gasteiger partial charge < -0.3 is 9.64 Å². The van der Waals surface area contributed by atoms with E-state index in [2.05, 4.69) is 36.2 Å². The number of rotatable bonds is 4. The average molecular weight is 409 g/mol. The SMILES string of the molecule is Cc1ccc(-c2ccc(C(=O)N3CCC(Oc4cccc5cccnc45)C3)cc2)cc1. The van der Waals surface area contributed by atoms with E-state index in [1.54, 1.807) is 6.20 Å². The summed E-state index contributed by atoms with van der Waals surface area (Å²) in [6.07, 6.45) is 2.57. The number of nitrogens with zero attached hydrogens (tertiary/aromatic N) is 2. The average Bonchev–Trinajstić information content (AvgIpc) is 3.28. The number of pyridine rings is 1. The van der Waals surface area contributed by atoms with Crippen molar-refractivity contribution >= 4 is 16.8 Å². The van der Waals surface area contributed by atoms with Crippen molar-refractivity contribution in [2.45, 2.75) is 19.4 Å². The number of benzene rings is 3. The Morgan fingerprint density at radius 2 is 1.65 bits per heavy atom. The maximum atomic E-state index is 13.0. The van der Waals surface area contributed by atoms with E-state index in [1.165, 1.54) is 5.56 Å².